The first-order chi connectivity index (χ1) is 8.25. The average molecular weight is 230 g/mol. The van der Waals surface area contributed by atoms with E-state index in [-0.39, 0.29) is 5.41 Å². The molecule has 0 radical (unpaired) electrons. The van der Waals surface area contributed by atoms with Crippen LogP contribution in [0.3, 0.4) is 0 Å². The minimum absolute atomic E-state index is 0.215. The first kappa shape index (κ1) is 10.6. The molecule has 2 aromatic heterocycles. The van der Waals surface area contributed by atoms with Crippen molar-refractivity contribution in [2.45, 2.75) is 44.4 Å². The third-order valence-corrected chi connectivity index (χ3v) is 4.14. The maximum absolute atomic E-state index is 5.86. The van der Waals surface area contributed by atoms with E-state index in [1.807, 2.05) is 18.3 Å². The highest BCUT2D eigenvalue weighted by molar-refractivity contribution is 5.47. The Labute approximate surface area is 101 Å². The highest BCUT2D eigenvalue weighted by Gasteiger charge is 2.37. The Balaban J connectivity index is 2.19. The Morgan fingerprint density at radius 1 is 1.29 bits per heavy atom. The second-order valence-corrected chi connectivity index (χ2v) is 5.06. The normalized spacial score (nSPS) is 18.9. The maximum Gasteiger partial charge on any atom is 0.160 e. The van der Waals surface area contributed by atoms with Gasteiger partial charge in [-0.15, -0.1) is 10.2 Å². The summed E-state index contributed by atoms with van der Waals surface area (Å²) in [5, 5.41) is 8.67. The lowest BCUT2D eigenvalue weighted by atomic mass is 9.82. The van der Waals surface area contributed by atoms with E-state index in [1.54, 1.807) is 0 Å². The molecule has 3 rings (SSSR count). The van der Waals surface area contributed by atoms with Crippen LogP contribution in [-0.2, 0) is 5.41 Å². The molecule has 0 atom stereocenters. The number of anilines is 1. The molecule has 0 spiro atoms. The van der Waals surface area contributed by atoms with E-state index in [4.69, 9.17) is 5.73 Å². The van der Waals surface area contributed by atoms with Crippen LogP contribution in [0.1, 0.15) is 44.9 Å². The number of nitrogen functional groups attached to an aromatic ring is 1. The van der Waals surface area contributed by atoms with Gasteiger partial charge in [-0.2, -0.15) is 0 Å². The molecular weight excluding hydrogens is 212 g/mol. The molecule has 4 heteroatoms. The molecule has 4 nitrogen and oxygen atoms in total. The predicted molar refractivity (Wildman–Crippen MR) is 67.8 cm³/mol. The van der Waals surface area contributed by atoms with Gasteiger partial charge in [0.15, 0.2) is 5.65 Å². The molecular formula is C13H18N4. The molecule has 0 amide bonds. The smallest absolute Gasteiger partial charge is 0.160 e. The maximum atomic E-state index is 5.86. The van der Waals surface area contributed by atoms with Crippen LogP contribution in [0.5, 0.6) is 0 Å². The molecule has 17 heavy (non-hydrogen) atoms. The summed E-state index contributed by atoms with van der Waals surface area (Å²) in [6, 6.07) is 3.81. The number of fused-ring (bicyclic) bond motifs is 1. The molecule has 2 N–H and O–H groups in total. The van der Waals surface area contributed by atoms with Gasteiger partial charge in [0, 0.05) is 17.3 Å². The number of hydrogen-bond acceptors (Lipinski definition) is 3. The quantitative estimate of drug-likeness (QED) is 0.862. The molecule has 1 aliphatic rings. The minimum Gasteiger partial charge on any atom is -0.398 e. The van der Waals surface area contributed by atoms with Crippen LogP contribution in [0.25, 0.3) is 5.65 Å². The van der Waals surface area contributed by atoms with Gasteiger partial charge in [-0.05, 0) is 31.4 Å². The second kappa shape index (κ2) is 3.72. The van der Waals surface area contributed by atoms with E-state index >= 15 is 0 Å². The van der Waals surface area contributed by atoms with Gasteiger partial charge in [-0.3, -0.25) is 4.40 Å². The Bertz CT molecular complexity index is 537. The first-order valence-electron chi connectivity index (χ1n) is 6.36. The Morgan fingerprint density at radius 2 is 2.06 bits per heavy atom. The van der Waals surface area contributed by atoms with Crippen molar-refractivity contribution in [1.29, 1.82) is 0 Å². The molecule has 2 aromatic rings. The van der Waals surface area contributed by atoms with Crippen molar-refractivity contribution in [3.05, 3.63) is 24.2 Å². The SMILES string of the molecule is CCC1(c2nnc3ccc(N)cn23)CCCC1. The van der Waals surface area contributed by atoms with Gasteiger partial charge >= 0.3 is 0 Å². The fourth-order valence-electron chi connectivity index (χ4n) is 3.06. The first-order valence-corrected chi connectivity index (χ1v) is 6.36. The summed E-state index contributed by atoms with van der Waals surface area (Å²) in [6.45, 7) is 2.25. The van der Waals surface area contributed by atoms with Gasteiger partial charge in [-0.25, -0.2) is 0 Å². The fraction of sp³-hybridized carbons (Fsp3) is 0.538. The zero-order chi connectivity index (χ0) is 11.9. The van der Waals surface area contributed by atoms with Crippen molar-refractivity contribution in [3.63, 3.8) is 0 Å². The van der Waals surface area contributed by atoms with Crippen LogP contribution in [0.4, 0.5) is 5.69 Å². The topological polar surface area (TPSA) is 56.2 Å². The Kier molecular flexibility index (Phi) is 2.31. The van der Waals surface area contributed by atoms with Crippen LogP contribution < -0.4 is 5.73 Å². The third kappa shape index (κ3) is 1.51. The monoisotopic (exact) mass is 230 g/mol. The molecule has 1 saturated carbocycles. The molecule has 0 aromatic carbocycles. The summed E-state index contributed by atoms with van der Waals surface area (Å²) in [6.07, 6.45) is 8.11. The largest absolute Gasteiger partial charge is 0.398 e. The highest BCUT2D eigenvalue weighted by Crippen LogP contribution is 2.42. The van der Waals surface area contributed by atoms with Crippen molar-refractivity contribution >= 4 is 11.3 Å². The molecule has 0 aliphatic heterocycles. The molecule has 1 aliphatic carbocycles. The van der Waals surface area contributed by atoms with Gasteiger partial charge in [0.05, 0.1) is 0 Å². The van der Waals surface area contributed by atoms with Crippen molar-refractivity contribution in [1.82, 2.24) is 14.6 Å². The van der Waals surface area contributed by atoms with Gasteiger partial charge < -0.3 is 5.73 Å². The van der Waals surface area contributed by atoms with E-state index in [0.29, 0.717) is 0 Å². The summed E-state index contributed by atoms with van der Waals surface area (Å²) in [7, 11) is 0. The van der Waals surface area contributed by atoms with E-state index in [1.165, 1.54) is 25.7 Å². The number of hydrogen-bond donors (Lipinski definition) is 1. The lowest BCUT2D eigenvalue weighted by molar-refractivity contribution is 0.395. The van der Waals surface area contributed by atoms with Crippen molar-refractivity contribution < 1.29 is 0 Å². The number of nitrogens with zero attached hydrogens (tertiary/aromatic N) is 3. The summed E-state index contributed by atoms with van der Waals surface area (Å²) in [5.74, 6) is 1.10. The number of rotatable bonds is 2. The van der Waals surface area contributed by atoms with Crippen molar-refractivity contribution in [3.8, 4) is 0 Å². The third-order valence-electron chi connectivity index (χ3n) is 4.14. The van der Waals surface area contributed by atoms with Crippen molar-refractivity contribution in [2.24, 2.45) is 0 Å². The van der Waals surface area contributed by atoms with E-state index < -0.39 is 0 Å². The van der Waals surface area contributed by atoms with E-state index in [0.717, 1.165) is 23.6 Å². The zero-order valence-electron chi connectivity index (χ0n) is 10.2. The summed E-state index contributed by atoms with van der Waals surface area (Å²) in [4.78, 5) is 0. The minimum atomic E-state index is 0.215. The number of aromatic nitrogens is 3. The summed E-state index contributed by atoms with van der Waals surface area (Å²) < 4.78 is 2.07. The lowest BCUT2D eigenvalue weighted by Crippen LogP contribution is -2.24. The lowest BCUT2D eigenvalue weighted by Gasteiger charge is -2.25. The molecule has 1 fully saturated rings. The number of pyridine rings is 1. The van der Waals surface area contributed by atoms with Crippen LogP contribution >= 0.6 is 0 Å². The van der Waals surface area contributed by atoms with Crippen LogP contribution in [0, 0.1) is 0 Å². The average Bonchev–Trinajstić information content (AvgIpc) is 2.94. The Hall–Kier alpha value is -1.58. The molecule has 0 saturated heterocycles. The van der Waals surface area contributed by atoms with Gasteiger partial charge in [-0.1, -0.05) is 19.8 Å². The van der Waals surface area contributed by atoms with Gasteiger partial charge in [0.25, 0.3) is 0 Å². The summed E-state index contributed by atoms with van der Waals surface area (Å²) >= 11 is 0. The highest BCUT2D eigenvalue weighted by atomic mass is 15.3. The van der Waals surface area contributed by atoms with Crippen molar-refractivity contribution in [2.75, 3.05) is 5.73 Å². The molecule has 0 unspecified atom stereocenters. The second-order valence-electron chi connectivity index (χ2n) is 5.06. The van der Waals surface area contributed by atoms with E-state index in [2.05, 4.69) is 21.5 Å². The van der Waals surface area contributed by atoms with Gasteiger partial charge in [0.2, 0.25) is 0 Å². The fourth-order valence-corrected chi connectivity index (χ4v) is 3.06. The zero-order valence-corrected chi connectivity index (χ0v) is 10.2. The Morgan fingerprint density at radius 3 is 2.76 bits per heavy atom. The molecule has 90 valence electrons. The standard InChI is InChI=1S/C13H18N4/c1-2-13(7-3-4-8-13)12-16-15-11-6-5-10(14)9-17(11)12/h5-6,9H,2-4,7-8,14H2,1H3. The molecule has 0 bridgehead atoms. The summed E-state index contributed by atoms with van der Waals surface area (Å²) in [5.41, 5.74) is 7.74. The van der Waals surface area contributed by atoms with Crippen LogP contribution in [-0.4, -0.2) is 14.6 Å². The van der Waals surface area contributed by atoms with Gasteiger partial charge in [0.1, 0.15) is 5.82 Å². The van der Waals surface area contributed by atoms with Crippen LogP contribution in [0.15, 0.2) is 18.3 Å². The molecule has 2 heterocycles. The van der Waals surface area contributed by atoms with E-state index in [9.17, 15) is 0 Å². The predicted octanol–water partition coefficient (Wildman–Crippen LogP) is 2.53. The van der Waals surface area contributed by atoms with Crippen LogP contribution in [0.2, 0.25) is 0 Å². The number of nitrogens with two attached hydrogens (primary N) is 1.